The van der Waals surface area contributed by atoms with Crippen molar-refractivity contribution in [1.29, 1.82) is 0 Å². The van der Waals surface area contributed by atoms with E-state index in [0.29, 0.717) is 23.7 Å². The van der Waals surface area contributed by atoms with Gasteiger partial charge in [0.1, 0.15) is 5.82 Å². The summed E-state index contributed by atoms with van der Waals surface area (Å²) < 4.78 is 26.0. The first-order valence-corrected chi connectivity index (χ1v) is 11.2. The summed E-state index contributed by atoms with van der Waals surface area (Å²) in [6.45, 7) is 1.94. The zero-order valence-corrected chi connectivity index (χ0v) is 16.5. The Kier molecular flexibility index (Phi) is 4.37. The van der Waals surface area contributed by atoms with E-state index in [1.54, 1.807) is 39.9 Å². The summed E-state index contributed by atoms with van der Waals surface area (Å²) >= 11 is 7.52. The molecule has 1 unspecified atom stereocenters. The van der Waals surface area contributed by atoms with Gasteiger partial charge in [-0.25, -0.2) is 18.1 Å². The molecule has 3 heterocycles. The third-order valence-electron chi connectivity index (χ3n) is 4.59. The van der Waals surface area contributed by atoms with E-state index in [-0.39, 0.29) is 11.5 Å². The minimum Gasteiger partial charge on any atom is -0.253 e. The van der Waals surface area contributed by atoms with E-state index in [1.807, 2.05) is 19.1 Å². The maximum atomic E-state index is 12.1. The molecule has 0 N–H and O–H groups in total. The Bertz CT molecular complexity index is 1030. The highest BCUT2D eigenvalue weighted by Gasteiger charge is 2.42. The van der Waals surface area contributed by atoms with Gasteiger partial charge in [-0.05, 0) is 37.6 Å². The van der Waals surface area contributed by atoms with E-state index in [1.165, 1.54) is 0 Å². The number of halogens is 1. The largest absolute Gasteiger partial charge is 0.253 e. The molecule has 1 aliphatic heterocycles. The summed E-state index contributed by atoms with van der Waals surface area (Å²) in [4.78, 5) is 9.89. The molecule has 9 heteroatoms. The first kappa shape index (κ1) is 17.6. The van der Waals surface area contributed by atoms with Gasteiger partial charge in [0.15, 0.2) is 15.7 Å². The van der Waals surface area contributed by atoms with Crippen LogP contribution < -0.4 is 0 Å². The van der Waals surface area contributed by atoms with Crippen LogP contribution in [-0.2, 0) is 21.8 Å². The van der Waals surface area contributed by atoms with Crippen LogP contribution in [0.5, 0.6) is 0 Å². The molecule has 1 aliphatic rings. The smallest absolute Gasteiger partial charge is 0.181 e. The van der Waals surface area contributed by atoms with Crippen molar-refractivity contribution in [2.24, 2.45) is 0 Å². The van der Waals surface area contributed by atoms with E-state index in [4.69, 9.17) is 21.7 Å². The Labute approximate surface area is 160 Å². The summed E-state index contributed by atoms with van der Waals surface area (Å²) in [6, 6.07) is 7.32. The Morgan fingerprint density at radius 3 is 2.69 bits per heavy atom. The monoisotopic (exact) mass is 408 g/mol. The number of rotatable bonds is 4. The number of benzene rings is 1. The summed E-state index contributed by atoms with van der Waals surface area (Å²) in [6.07, 6.45) is 2.91. The molecule has 1 aromatic carbocycles. The number of sulfone groups is 1. The van der Waals surface area contributed by atoms with Crippen molar-refractivity contribution in [2.75, 3.05) is 11.5 Å². The van der Waals surface area contributed by atoms with Crippen molar-refractivity contribution in [3.05, 3.63) is 51.7 Å². The molecule has 0 spiro atoms. The number of hydrogen-bond donors (Lipinski definition) is 0. The average molecular weight is 409 g/mol. The summed E-state index contributed by atoms with van der Waals surface area (Å²) in [5.41, 5.74) is 2.04. The topological polar surface area (TPSA) is 77.7 Å². The highest BCUT2D eigenvalue weighted by molar-refractivity contribution is 7.91. The lowest BCUT2D eigenvalue weighted by atomic mass is 10.0. The predicted octanol–water partition coefficient (Wildman–Crippen LogP) is 3.18. The Morgan fingerprint density at radius 2 is 2.08 bits per heavy atom. The molecule has 0 aliphatic carbocycles. The van der Waals surface area contributed by atoms with Gasteiger partial charge in [0.05, 0.1) is 22.6 Å². The second-order valence-corrected chi connectivity index (χ2v) is 10.3. The van der Waals surface area contributed by atoms with E-state index < -0.39 is 15.4 Å². The van der Waals surface area contributed by atoms with Crippen LogP contribution in [0.3, 0.4) is 0 Å². The number of aromatic nitrogens is 4. The highest BCUT2D eigenvalue weighted by Crippen LogP contribution is 2.33. The van der Waals surface area contributed by atoms with E-state index in [0.717, 1.165) is 16.3 Å². The Morgan fingerprint density at radius 1 is 1.31 bits per heavy atom. The molecular weight excluding hydrogens is 392 g/mol. The van der Waals surface area contributed by atoms with Crippen LogP contribution in [0.4, 0.5) is 0 Å². The molecule has 6 nitrogen and oxygen atoms in total. The van der Waals surface area contributed by atoms with Gasteiger partial charge in [0, 0.05) is 28.1 Å². The number of nitrogens with zero attached hydrogens (tertiary/aromatic N) is 4. The van der Waals surface area contributed by atoms with Crippen LogP contribution in [0, 0.1) is 0 Å². The molecule has 0 saturated carbocycles. The van der Waals surface area contributed by atoms with Gasteiger partial charge in [-0.1, -0.05) is 11.6 Å². The summed E-state index contributed by atoms with van der Waals surface area (Å²) in [5.74, 6) is 1.59. The molecule has 136 valence electrons. The molecule has 3 aromatic rings. The number of hydrogen-bond acceptors (Lipinski definition) is 6. The summed E-state index contributed by atoms with van der Waals surface area (Å²) in [7, 11) is -3.06. The van der Waals surface area contributed by atoms with Crippen molar-refractivity contribution in [2.45, 2.75) is 25.3 Å². The molecule has 1 atom stereocenters. The fourth-order valence-corrected chi connectivity index (χ4v) is 6.08. The standard InChI is InChI=1S/C17H17ClN4O2S2/c1-17(6-7-26(23,24)10-17)22-15(8-14-9-19-11-25-14)20-16(21-22)12-2-4-13(18)5-3-12/h2-5,9,11H,6-8,10H2,1H3. The second kappa shape index (κ2) is 6.44. The Hall–Kier alpha value is -1.77. The van der Waals surface area contributed by atoms with Gasteiger partial charge in [0.25, 0.3) is 0 Å². The lowest BCUT2D eigenvalue weighted by molar-refractivity contribution is 0.318. The third-order valence-corrected chi connectivity index (χ3v) is 7.51. The van der Waals surface area contributed by atoms with Crippen LogP contribution in [0.2, 0.25) is 5.02 Å². The molecule has 26 heavy (non-hydrogen) atoms. The van der Waals surface area contributed by atoms with Gasteiger partial charge in [-0.3, -0.25) is 4.98 Å². The zero-order valence-electron chi connectivity index (χ0n) is 14.1. The van der Waals surface area contributed by atoms with Gasteiger partial charge < -0.3 is 0 Å². The predicted molar refractivity (Wildman–Crippen MR) is 102 cm³/mol. The molecule has 0 bridgehead atoms. The van der Waals surface area contributed by atoms with Gasteiger partial charge in [0.2, 0.25) is 0 Å². The molecule has 1 saturated heterocycles. The first-order valence-electron chi connectivity index (χ1n) is 8.15. The van der Waals surface area contributed by atoms with E-state index >= 15 is 0 Å². The van der Waals surface area contributed by atoms with Crippen LogP contribution in [0.1, 0.15) is 24.0 Å². The fourth-order valence-electron chi connectivity index (χ4n) is 3.26. The van der Waals surface area contributed by atoms with Crippen molar-refractivity contribution >= 4 is 32.8 Å². The fraction of sp³-hybridized carbons (Fsp3) is 0.353. The van der Waals surface area contributed by atoms with Crippen molar-refractivity contribution in [3.8, 4) is 11.4 Å². The van der Waals surface area contributed by atoms with Gasteiger partial charge in [-0.2, -0.15) is 5.10 Å². The normalized spacial score (nSPS) is 21.9. The molecule has 0 amide bonds. The van der Waals surface area contributed by atoms with Crippen molar-refractivity contribution in [3.63, 3.8) is 0 Å². The summed E-state index contributed by atoms with van der Waals surface area (Å²) in [5, 5.41) is 5.34. The maximum Gasteiger partial charge on any atom is 0.181 e. The van der Waals surface area contributed by atoms with Crippen LogP contribution >= 0.6 is 22.9 Å². The SMILES string of the molecule is CC1(n2nc(-c3ccc(Cl)cc3)nc2Cc2cncs2)CCS(=O)(=O)C1. The molecule has 2 aromatic heterocycles. The van der Waals surface area contributed by atoms with Crippen LogP contribution in [0.25, 0.3) is 11.4 Å². The zero-order chi connectivity index (χ0) is 18.4. The molecule has 0 radical (unpaired) electrons. The van der Waals surface area contributed by atoms with E-state index in [2.05, 4.69) is 4.98 Å². The molecule has 4 rings (SSSR count). The van der Waals surface area contributed by atoms with Crippen molar-refractivity contribution in [1.82, 2.24) is 19.7 Å². The lowest BCUT2D eigenvalue weighted by Crippen LogP contribution is -2.34. The molecular formula is C17H17ClN4O2S2. The first-order chi connectivity index (χ1) is 12.3. The molecule has 1 fully saturated rings. The quantitative estimate of drug-likeness (QED) is 0.662. The van der Waals surface area contributed by atoms with Gasteiger partial charge >= 0.3 is 0 Å². The van der Waals surface area contributed by atoms with Crippen LogP contribution in [-0.4, -0.2) is 39.7 Å². The lowest BCUT2D eigenvalue weighted by Gasteiger charge is -2.24. The van der Waals surface area contributed by atoms with E-state index in [9.17, 15) is 8.42 Å². The third kappa shape index (κ3) is 3.41. The van der Waals surface area contributed by atoms with Crippen molar-refractivity contribution < 1.29 is 8.42 Å². The minimum atomic E-state index is -3.06. The highest BCUT2D eigenvalue weighted by atomic mass is 35.5. The maximum absolute atomic E-state index is 12.1. The van der Waals surface area contributed by atoms with Crippen LogP contribution in [0.15, 0.2) is 36.0 Å². The minimum absolute atomic E-state index is 0.0824. The average Bonchev–Trinajstić information content (AvgIpc) is 3.29. The number of thiazole rings is 1. The van der Waals surface area contributed by atoms with Gasteiger partial charge in [-0.15, -0.1) is 11.3 Å². The second-order valence-electron chi connectivity index (χ2n) is 6.75. The Balaban J connectivity index is 1.79.